The summed E-state index contributed by atoms with van der Waals surface area (Å²) < 4.78 is 6.08. The minimum absolute atomic E-state index is 0.0868. The van der Waals surface area contributed by atoms with E-state index in [1.807, 2.05) is 76.3 Å². The topological polar surface area (TPSA) is 109 Å². The zero-order valence-corrected chi connectivity index (χ0v) is 24.8. The molecule has 8 nitrogen and oxygen atoms in total. The summed E-state index contributed by atoms with van der Waals surface area (Å²) in [6, 6.07) is 15.9. The van der Waals surface area contributed by atoms with Crippen molar-refractivity contribution in [2.75, 3.05) is 26.7 Å². The van der Waals surface area contributed by atoms with Crippen LogP contribution < -0.4 is 26.0 Å². The fourth-order valence-corrected chi connectivity index (χ4v) is 4.52. The fourth-order valence-electron chi connectivity index (χ4n) is 4.52. The Morgan fingerprint density at radius 1 is 0.875 bits per heavy atom. The standard InChI is InChI=1S/C32H48N4O4/c1-6-13-27(24(4)37)35-32(39)30(23(2)3)36-31(38)28(22-25-14-8-7-9-15-25)34-20-21-40-29-18-11-10-16-26(29)17-12-19-33-5/h7-11,14-16,18,23,27-28,30,33-34H,6,12-13,17,19-22H2,1-5H3,(H,35,39)(H,36,38)/t27-,28+,30-/m0/s1. The van der Waals surface area contributed by atoms with Crippen LogP contribution in [-0.2, 0) is 27.2 Å². The molecule has 0 fully saturated rings. The Balaban J connectivity index is 2.06. The molecule has 2 aromatic carbocycles. The summed E-state index contributed by atoms with van der Waals surface area (Å²) in [5.41, 5.74) is 2.17. The number of nitrogens with one attached hydrogen (secondary N) is 4. The Morgan fingerprint density at radius 2 is 1.57 bits per heavy atom. The minimum atomic E-state index is -0.757. The number of hydrogen-bond acceptors (Lipinski definition) is 6. The van der Waals surface area contributed by atoms with E-state index in [1.54, 1.807) is 0 Å². The number of amides is 2. The van der Waals surface area contributed by atoms with Gasteiger partial charge < -0.3 is 26.0 Å². The van der Waals surface area contributed by atoms with Gasteiger partial charge in [0.25, 0.3) is 0 Å². The molecule has 40 heavy (non-hydrogen) atoms. The number of benzene rings is 2. The monoisotopic (exact) mass is 552 g/mol. The zero-order chi connectivity index (χ0) is 29.3. The molecule has 0 spiro atoms. The molecule has 0 heterocycles. The van der Waals surface area contributed by atoms with Gasteiger partial charge >= 0.3 is 0 Å². The van der Waals surface area contributed by atoms with Crippen molar-refractivity contribution in [3.63, 3.8) is 0 Å². The molecule has 0 radical (unpaired) electrons. The van der Waals surface area contributed by atoms with Crippen LogP contribution in [0.15, 0.2) is 54.6 Å². The van der Waals surface area contributed by atoms with Crippen LogP contribution in [-0.4, -0.2) is 62.5 Å². The highest BCUT2D eigenvalue weighted by Crippen LogP contribution is 2.19. The summed E-state index contributed by atoms with van der Waals surface area (Å²) in [4.78, 5) is 38.6. The van der Waals surface area contributed by atoms with Crippen LogP contribution in [0.2, 0.25) is 0 Å². The highest BCUT2D eigenvalue weighted by molar-refractivity contribution is 5.93. The van der Waals surface area contributed by atoms with Crippen molar-refractivity contribution in [2.24, 2.45) is 5.92 Å². The summed E-state index contributed by atoms with van der Waals surface area (Å²) in [7, 11) is 1.95. The molecule has 0 aliphatic heterocycles. The molecule has 8 heteroatoms. The molecule has 3 atom stereocenters. The molecule has 0 bridgehead atoms. The first kappa shape index (κ1) is 33.0. The van der Waals surface area contributed by atoms with E-state index in [9.17, 15) is 14.4 Å². The molecule has 2 aromatic rings. The molecular formula is C32H48N4O4. The van der Waals surface area contributed by atoms with Crippen molar-refractivity contribution < 1.29 is 19.1 Å². The van der Waals surface area contributed by atoms with Gasteiger partial charge in [0, 0.05) is 6.54 Å². The smallest absolute Gasteiger partial charge is 0.243 e. The highest BCUT2D eigenvalue weighted by Gasteiger charge is 2.30. The lowest BCUT2D eigenvalue weighted by Gasteiger charge is -2.27. The largest absolute Gasteiger partial charge is 0.492 e. The molecule has 0 unspecified atom stereocenters. The Morgan fingerprint density at radius 3 is 2.23 bits per heavy atom. The summed E-state index contributed by atoms with van der Waals surface area (Å²) in [5.74, 6) is 0.0105. The molecular weight excluding hydrogens is 504 g/mol. The number of carbonyl (C=O) groups is 3. The minimum Gasteiger partial charge on any atom is -0.492 e. The van der Waals surface area contributed by atoms with E-state index in [0.717, 1.165) is 42.7 Å². The van der Waals surface area contributed by atoms with Gasteiger partial charge in [0.05, 0.1) is 12.1 Å². The van der Waals surface area contributed by atoms with Crippen LogP contribution >= 0.6 is 0 Å². The normalized spacial score (nSPS) is 13.3. The third-order valence-electron chi connectivity index (χ3n) is 6.83. The second-order valence-electron chi connectivity index (χ2n) is 10.6. The van der Waals surface area contributed by atoms with Crippen molar-refractivity contribution in [1.82, 2.24) is 21.3 Å². The number of aryl methyl sites for hydroxylation is 1. The van der Waals surface area contributed by atoms with Gasteiger partial charge in [-0.2, -0.15) is 0 Å². The van der Waals surface area contributed by atoms with Gasteiger partial charge in [-0.3, -0.25) is 14.4 Å². The van der Waals surface area contributed by atoms with Crippen molar-refractivity contribution >= 4 is 17.6 Å². The van der Waals surface area contributed by atoms with E-state index in [4.69, 9.17) is 4.74 Å². The first-order valence-corrected chi connectivity index (χ1v) is 14.5. The van der Waals surface area contributed by atoms with E-state index in [2.05, 4.69) is 27.3 Å². The maximum atomic E-state index is 13.5. The molecule has 0 aliphatic carbocycles. The molecule has 4 N–H and O–H groups in total. The lowest BCUT2D eigenvalue weighted by atomic mass is 10.00. The maximum absolute atomic E-state index is 13.5. The van der Waals surface area contributed by atoms with Gasteiger partial charge in [-0.15, -0.1) is 0 Å². The SMILES string of the molecule is CCC[C@H](NC(=O)[C@@H](NC(=O)[C@@H](Cc1ccccc1)NCCOc1ccccc1CCCNC)C(C)C)C(C)=O. The van der Waals surface area contributed by atoms with Gasteiger partial charge in [0.1, 0.15) is 18.4 Å². The van der Waals surface area contributed by atoms with Gasteiger partial charge in [0.2, 0.25) is 11.8 Å². The summed E-state index contributed by atoms with van der Waals surface area (Å²) >= 11 is 0. The number of ether oxygens (including phenoxy) is 1. The van der Waals surface area contributed by atoms with Crippen LogP contribution in [0.5, 0.6) is 5.75 Å². The fraction of sp³-hybridized carbons (Fsp3) is 0.531. The first-order chi connectivity index (χ1) is 19.3. The third kappa shape index (κ3) is 11.5. The van der Waals surface area contributed by atoms with Crippen LogP contribution in [0, 0.1) is 5.92 Å². The van der Waals surface area contributed by atoms with Gasteiger partial charge in [-0.05, 0) is 69.3 Å². The van der Waals surface area contributed by atoms with Gasteiger partial charge in [-0.25, -0.2) is 0 Å². The summed E-state index contributed by atoms with van der Waals surface area (Å²) in [5, 5.41) is 12.3. The Kier molecular flexibility index (Phi) is 15.0. The Labute approximate surface area is 240 Å². The quantitative estimate of drug-likeness (QED) is 0.199. The molecule has 0 aliphatic rings. The number of Topliss-reactive ketones (excluding diaryl/α,β-unsaturated/α-hetero) is 1. The number of hydrogen-bond donors (Lipinski definition) is 4. The Hall–Kier alpha value is -3.23. The maximum Gasteiger partial charge on any atom is 0.243 e. The molecule has 2 rings (SSSR count). The number of carbonyl (C=O) groups excluding carboxylic acids is 3. The average molecular weight is 553 g/mol. The average Bonchev–Trinajstić information content (AvgIpc) is 2.94. The second kappa shape index (κ2) is 18.2. The predicted molar refractivity (Wildman–Crippen MR) is 160 cm³/mol. The highest BCUT2D eigenvalue weighted by atomic mass is 16.5. The van der Waals surface area contributed by atoms with Crippen molar-refractivity contribution in [3.05, 3.63) is 65.7 Å². The lowest BCUT2D eigenvalue weighted by Crippen LogP contribution is -2.57. The van der Waals surface area contributed by atoms with E-state index in [1.165, 1.54) is 6.92 Å². The third-order valence-corrected chi connectivity index (χ3v) is 6.83. The number of rotatable bonds is 19. The van der Waals surface area contributed by atoms with Crippen molar-refractivity contribution in [2.45, 2.75) is 77.9 Å². The van der Waals surface area contributed by atoms with Crippen molar-refractivity contribution in [1.29, 1.82) is 0 Å². The van der Waals surface area contributed by atoms with E-state index >= 15 is 0 Å². The number of ketones is 1. The summed E-state index contributed by atoms with van der Waals surface area (Å²) in [6.07, 6.45) is 3.74. The van der Waals surface area contributed by atoms with Crippen LogP contribution in [0.3, 0.4) is 0 Å². The molecule has 0 aromatic heterocycles. The van der Waals surface area contributed by atoms with Crippen LogP contribution in [0.4, 0.5) is 0 Å². The molecule has 0 saturated heterocycles. The van der Waals surface area contributed by atoms with Gasteiger partial charge in [-0.1, -0.05) is 75.7 Å². The van der Waals surface area contributed by atoms with Gasteiger partial charge in [0.15, 0.2) is 5.78 Å². The van der Waals surface area contributed by atoms with E-state index < -0.39 is 18.1 Å². The molecule has 0 saturated carbocycles. The van der Waals surface area contributed by atoms with E-state index in [0.29, 0.717) is 26.0 Å². The molecule has 2 amide bonds. The van der Waals surface area contributed by atoms with E-state index in [-0.39, 0.29) is 23.5 Å². The molecule has 220 valence electrons. The van der Waals surface area contributed by atoms with Crippen LogP contribution in [0.1, 0.15) is 58.1 Å². The summed E-state index contributed by atoms with van der Waals surface area (Å²) in [6.45, 7) is 9.01. The van der Waals surface area contributed by atoms with Crippen molar-refractivity contribution in [3.8, 4) is 5.75 Å². The first-order valence-electron chi connectivity index (χ1n) is 14.5. The van der Waals surface area contributed by atoms with Crippen LogP contribution in [0.25, 0.3) is 0 Å². The zero-order valence-electron chi connectivity index (χ0n) is 24.8. The lowest BCUT2D eigenvalue weighted by molar-refractivity contribution is -0.132. The Bertz CT molecular complexity index is 1040. The number of para-hydroxylation sites is 1. The second-order valence-corrected chi connectivity index (χ2v) is 10.6. The predicted octanol–water partition coefficient (Wildman–Crippen LogP) is 3.43.